The number of esters is 2. The molecule has 29 heavy (non-hydrogen) atoms. The van der Waals surface area contributed by atoms with Crippen LogP contribution < -0.4 is 4.74 Å². The molecule has 5 nitrogen and oxygen atoms in total. The Kier molecular flexibility index (Phi) is 5.61. The molecule has 1 heterocycles. The van der Waals surface area contributed by atoms with Gasteiger partial charge in [0.15, 0.2) is 5.78 Å². The number of Topliss-reactive ketones (excluding diaryl/α,β-unsaturated/α-hetero) is 1. The lowest BCUT2D eigenvalue weighted by atomic mass is 9.78. The summed E-state index contributed by atoms with van der Waals surface area (Å²) in [5, 5.41) is 0. The van der Waals surface area contributed by atoms with E-state index < -0.39 is 23.3 Å². The minimum Gasteiger partial charge on any atom is -0.456 e. The zero-order valence-electron chi connectivity index (χ0n) is 19.2. The highest BCUT2D eigenvalue weighted by molar-refractivity contribution is 6.35. The number of hydrogen-bond donors (Lipinski definition) is 0. The second kappa shape index (κ2) is 7.12. The van der Waals surface area contributed by atoms with E-state index in [0.717, 1.165) is 11.1 Å². The zero-order chi connectivity index (χ0) is 22.5. The first-order valence-electron chi connectivity index (χ1n) is 9.83. The lowest BCUT2D eigenvalue weighted by Gasteiger charge is -2.26. The summed E-state index contributed by atoms with van der Waals surface area (Å²) in [6.45, 7) is 18.7. The second-order valence-corrected chi connectivity index (χ2v) is 10.6. The highest BCUT2D eigenvalue weighted by Gasteiger charge is 2.40. The maximum Gasteiger partial charge on any atom is 0.345 e. The molecule has 0 aliphatic carbocycles. The van der Waals surface area contributed by atoms with Gasteiger partial charge in [0.25, 0.3) is 0 Å². The van der Waals surface area contributed by atoms with Crippen molar-refractivity contribution in [1.82, 2.24) is 0 Å². The molecular formula is C24H32O5. The van der Waals surface area contributed by atoms with E-state index in [1.54, 1.807) is 20.8 Å². The van der Waals surface area contributed by atoms with Gasteiger partial charge in [-0.3, -0.25) is 4.79 Å². The van der Waals surface area contributed by atoms with Crippen LogP contribution in [-0.2, 0) is 30.0 Å². The monoisotopic (exact) mass is 400 g/mol. The van der Waals surface area contributed by atoms with Gasteiger partial charge in [-0.1, -0.05) is 47.6 Å². The lowest BCUT2D eigenvalue weighted by Crippen LogP contribution is -2.28. The summed E-state index contributed by atoms with van der Waals surface area (Å²) in [6, 6.07) is 3.88. The van der Waals surface area contributed by atoms with Gasteiger partial charge in [0.2, 0.25) is 0 Å². The van der Waals surface area contributed by atoms with Crippen molar-refractivity contribution in [2.75, 3.05) is 0 Å². The van der Waals surface area contributed by atoms with Crippen LogP contribution in [0.4, 0.5) is 0 Å². The molecule has 0 aromatic heterocycles. The molecule has 0 bridgehead atoms. The molecule has 0 atom stereocenters. The minimum absolute atomic E-state index is 0.0154. The number of hydrogen-bond acceptors (Lipinski definition) is 5. The first-order chi connectivity index (χ1) is 12.9. The Morgan fingerprint density at radius 1 is 0.897 bits per heavy atom. The van der Waals surface area contributed by atoms with Gasteiger partial charge in [-0.05, 0) is 50.2 Å². The quantitative estimate of drug-likeness (QED) is 0.233. The van der Waals surface area contributed by atoms with Gasteiger partial charge in [-0.2, -0.15) is 0 Å². The third kappa shape index (κ3) is 4.77. The Balaban J connectivity index is 2.89. The Morgan fingerprint density at radius 2 is 1.45 bits per heavy atom. The van der Waals surface area contributed by atoms with Crippen LogP contribution in [0, 0.1) is 0 Å². The van der Waals surface area contributed by atoms with Gasteiger partial charge in [0.05, 0.1) is 5.57 Å². The highest BCUT2D eigenvalue weighted by atomic mass is 16.6. The number of carbonyl (C=O) groups is 3. The van der Waals surface area contributed by atoms with E-state index in [1.807, 2.05) is 32.9 Å². The maximum atomic E-state index is 12.8. The lowest BCUT2D eigenvalue weighted by molar-refractivity contribution is -0.150. The molecule has 0 radical (unpaired) electrons. The van der Waals surface area contributed by atoms with Gasteiger partial charge >= 0.3 is 11.9 Å². The van der Waals surface area contributed by atoms with Crippen LogP contribution in [0.3, 0.4) is 0 Å². The predicted octanol–water partition coefficient (Wildman–Crippen LogP) is 4.88. The summed E-state index contributed by atoms with van der Waals surface area (Å²) in [7, 11) is 0. The van der Waals surface area contributed by atoms with E-state index in [4.69, 9.17) is 9.47 Å². The van der Waals surface area contributed by atoms with E-state index in [1.165, 1.54) is 6.92 Å². The molecule has 158 valence electrons. The highest BCUT2D eigenvalue weighted by Crippen LogP contribution is 2.46. The standard InChI is InChI=1S/C24H32O5/c1-13(25)17(21(27)29-24(8,9)10)18-15-11-14(22(2,3)4)12-16(23(5,6)7)19(15)28-20(18)26/h11-12H,1-10H3/b18-17+. The first-order valence-corrected chi connectivity index (χ1v) is 9.83. The molecular weight excluding hydrogens is 368 g/mol. The fourth-order valence-corrected chi connectivity index (χ4v) is 3.16. The average Bonchev–Trinajstić information content (AvgIpc) is 2.78. The Labute approximate surface area is 173 Å². The molecule has 1 aliphatic rings. The molecule has 1 aliphatic heterocycles. The molecule has 0 saturated heterocycles. The smallest absolute Gasteiger partial charge is 0.345 e. The molecule has 0 N–H and O–H groups in total. The summed E-state index contributed by atoms with van der Waals surface area (Å²) in [5.74, 6) is -1.64. The molecule has 0 amide bonds. The van der Waals surface area contributed by atoms with Gasteiger partial charge in [-0.25, -0.2) is 9.59 Å². The normalized spacial score (nSPS) is 16.3. The summed E-state index contributed by atoms with van der Waals surface area (Å²) in [5.41, 5.74) is 0.737. The SMILES string of the molecule is CC(=O)/C(C(=O)OC(C)(C)C)=C1\C(=O)Oc2c1cc(C(C)(C)C)cc2C(C)(C)C. The first kappa shape index (κ1) is 22.9. The van der Waals surface area contributed by atoms with Gasteiger partial charge in [0, 0.05) is 11.1 Å². The van der Waals surface area contributed by atoms with Crippen LogP contribution in [0.15, 0.2) is 17.7 Å². The van der Waals surface area contributed by atoms with Crippen LogP contribution in [0.2, 0.25) is 0 Å². The molecule has 0 spiro atoms. The van der Waals surface area contributed by atoms with E-state index in [-0.39, 0.29) is 22.0 Å². The number of rotatable bonds is 2. The zero-order valence-corrected chi connectivity index (χ0v) is 19.2. The van der Waals surface area contributed by atoms with Crippen molar-refractivity contribution in [2.24, 2.45) is 0 Å². The Bertz CT molecular complexity index is 912. The summed E-state index contributed by atoms with van der Waals surface area (Å²) >= 11 is 0. The molecule has 2 rings (SSSR count). The molecule has 0 fully saturated rings. The van der Waals surface area contributed by atoms with Crippen LogP contribution in [0.1, 0.15) is 85.9 Å². The summed E-state index contributed by atoms with van der Waals surface area (Å²) in [6.07, 6.45) is 0. The minimum atomic E-state index is -0.816. The predicted molar refractivity (Wildman–Crippen MR) is 113 cm³/mol. The van der Waals surface area contributed by atoms with Gasteiger partial charge < -0.3 is 9.47 Å². The van der Waals surface area contributed by atoms with Crippen LogP contribution in [-0.4, -0.2) is 23.3 Å². The topological polar surface area (TPSA) is 69.7 Å². The summed E-state index contributed by atoms with van der Waals surface area (Å²) < 4.78 is 11.0. The number of fused-ring (bicyclic) bond motifs is 1. The van der Waals surface area contributed by atoms with Crippen molar-refractivity contribution in [3.05, 3.63) is 34.4 Å². The van der Waals surface area contributed by atoms with Crippen molar-refractivity contribution in [1.29, 1.82) is 0 Å². The third-order valence-corrected chi connectivity index (χ3v) is 4.64. The van der Waals surface area contributed by atoms with E-state index in [9.17, 15) is 14.4 Å². The van der Waals surface area contributed by atoms with Crippen molar-refractivity contribution in [3.8, 4) is 5.75 Å². The maximum absolute atomic E-state index is 12.8. The molecule has 1 aromatic carbocycles. The Hall–Kier alpha value is -2.43. The number of ether oxygens (including phenoxy) is 2. The van der Waals surface area contributed by atoms with Crippen molar-refractivity contribution in [2.45, 2.75) is 85.7 Å². The summed E-state index contributed by atoms with van der Waals surface area (Å²) in [4.78, 5) is 38.1. The fourth-order valence-electron chi connectivity index (χ4n) is 3.16. The van der Waals surface area contributed by atoms with Crippen molar-refractivity contribution >= 4 is 23.3 Å². The van der Waals surface area contributed by atoms with E-state index >= 15 is 0 Å². The molecule has 0 unspecified atom stereocenters. The number of ketones is 1. The van der Waals surface area contributed by atoms with Crippen LogP contribution >= 0.6 is 0 Å². The van der Waals surface area contributed by atoms with Crippen LogP contribution in [0.25, 0.3) is 5.57 Å². The van der Waals surface area contributed by atoms with E-state index in [2.05, 4.69) is 20.8 Å². The Morgan fingerprint density at radius 3 is 1.86 bits per heavy atom. The van der Waals surface area contributed by atoms with E-state index in [0.29, 0.717) is 11.3 Å². The number of benzene rings is 1. The molecule has 5 heteroatoms. The fraction of sp³-hybridized carbons (Fsp3) is 0.542. The number of carbonyl (C=O) groups excluding carboxylic acids is 3. The second-order valence-electron chi connectivity index (χ2n) is 10.6. The van der Waals surface area contributed by atoms with Gasteiger partial charge in [-0.15, -0.1) is 0 Å². The van der Waals surface area contributed by atoms with Crippen molar-refractivity contribution in [3.63, 3.8) is 0 Å². The molecule has 1 aromatic rings. The largest absolute Gasteiger partial charge is 0.456 e. The van der Waals surface area contributed by atoms with Crippen molar-refractivity contribution < 1.29 is 23.9 Å². The molecule has 0 saturated carbocycles. The van der Waals surface area contributed by atoms with Gasteiger partial charge in [0.1, 0.15) is 16.9 Å². The van der Waals surface area contributed by atoms with Crippen LogP contribution in [0.5, 0.6) is 5.75 Å². The average molecular weight is 401 g/mol. The third-order valence-electron chi connectivity index (χ3n) is 4.64.